The summed E-state index contributed by atoms with van der Waals surface area (Å²) in [5.41, 5.74) is 1.31. The van der Waals surface area contributed by atoms with Gasteiger partial charge in [-0.2, -0.15) is 0 Å². The number of aliphatic hydroxyl groups excluding tert-OH is 1. The molecule has 0 aliphatic rings. The number of benzene rings is 1. The fraction of sp³-hybridized carbons (Fsp3) is 0.500. The van der Waals surface area contributed by atoms with E-state index in [4.69, 9.17) is 0 Å². The first-order valence-corrected chi connectivity index (χ1v) is 4.97. The van der Waals surface area contributed by atoms with Crippen LogP contribution in [0.15, 0.2) is 30.3 Å². The van der Waals surface area contributed by atoms with Gasteiger partial charge in [-0.15, -0.1) is 0 Å². The SMILES string of the molecule is CC[C@H](O)CC(C)c1ccccc1. The molecule has 1 heteroatoms. The second kappa shape index (κ2) is 5.03. The van der Waals surface area contributed by atoms with Gasteiger partial charge < -0.3 is 5.11 Å². The Labute approximate surface area is 80.4 Å². The Morgan fingerprint density at radius 1 is 1.23 bits per heavy atom. The van der Waals surface area contributed by atoms with E-state index in [1.807, 2.05) is 25.1 Å². The molecule has 0 fully saturated rings. The normalized spacial score (nSPS) is 15.3. The molecule has 2 atom stereocenters. The highest BCUT2D eigenvalue weighted by atomic mass is 16.3. The Morgan fingerprint density at radius 2 is 1.85 bits per heavy atom. The summed E-state index contributed by atoms with van der Waals surface area (Å²) in [6.45, 7) is 4.18. The second-order valence-corrected chi connectivity index (χ2v) is 3.61. The van der Waals surface area contributed by atoms with E-state index < -0.39 is 0 Å². The summed E-state index contributed by atoms with van der Waals surface area (Å²) in [6.07, 6.45) is 1.55. The lowest BCUT2D eigenvalue weighted by Crippen LogP contribution is -2.08. The van der Waals surface area contributed by atoms with Crippen molar-refractivity contribution in [2.24, 2.45) is 0 Å². The van der Waals surface area contributed by atoms with E-state index in [2.05, 4.69) is 19.1 Å². The lowest BCUT2D eigenvalue weighted by atomic mass is 9.94. The van der Waals surface area contributed by atoms with E-state index in [0.29, 0.717) is 5.92 Å². The van der Waals surface area contributed by atoms with Gasteiger partial charge in [0.15, 0.2) is 0 Å². The maximum atomic E-state index is 9.49. The maximum Gasteiger partial charge on any atom is 0.0543 e. The van der Waals surface area contributed by atoms with Crippen LogP contribution in [0.3, 0.4) is 0 Å². The van der Waals surface area contributed by atoms with Crippen molar-refractivity contribution in [1.82, 2.24) is 0 Å². The summed E-state index contributed by atoms with van der Waals surface area (Å²) in [6, 6.07) is 10.3. The number of hydrogen-bond acceptors (Lipinski definition) is 1. The molecule has 0 heterocycles. The van der Waals surface area contributed by atoms with Crippen LogP contribution in [0.4, 0.5) is 0 Å². The van der Waals surface area contributed by atoms with Crippen molar-refractivity contribution in [2.45, 2.75) is 38.7 Å². The fourth-order valence-electron chi connectivity index (χ4n) is 1.49. The molecular formula is C12H18O. The van der Waals surface area contributed by atoms with E-state index in [1.54, 1.807) is 0 Å². The summed E-state index contributed by atoms with van der Waals surface area (Å²) < 4.78 is 0. The van der Waals surface area contributed by atoms with E-state index in [0.717, 1.165) is 12.8 Å². The highest BCUT2D eigenvalue weighted by Gasteiger charge is 2.09. The van der Waals surface area contributed by atoms with Crippen LogP contribution >= 0.6 is 0 Å². The molecule has 72 valence electrons. The van der Waals surface area contributed by atoms with Gasteiger partial charge in [0.2, 0.25) is 0 Å². The minimum atomic E-state index is -0.157. The summed E-state index contributed by atoms with van der Waals surface area (Å²) in [4.78, 5) is 0. The van der Waals surface area contributed by atoms with Crippen LogP contribution in [-0.2, 0) is 0 Å². The summed E-state index contributed by atoms with van der Waals surface area (Å²) in [7, 11) is 0. The van der Waals surface area contributed by atoms with Crippen LogP contribution in [-0.4, -0.2) is 11.2 Å². The zero-order valence-corrected chi connectivity index (χ0v) is 8.40. The van der Waals surface area contributed by atoms with Gasteiger partial charge in [0, 0.05) is 0 Å². The molecular weight excluding hydrogens is 160 g/mol. The lowest BCUT2D eigenvalue weighted by Gasteiger charge is -2.15. The molecule has 0 saturated heterocycles. The molecule has 0 spiro atoms. The van der Waals surface area contributed by atoms with Gasteiger partial charge in [-0.25, -0.2) is 0 Å². The molecule has 1 rings (SSSR count). The zero-order chi connectivity index (χ0) is 9.68. The highest BCUT2D eigenvalue weighted by Crippen LogP contribution is 2.20. The van der Waals surface area contributed by atoms with E-state index in [-0.39, 0.29) is 6.10 Å². The van der Waals surface area contributed by atoms with Crippen molar-refractivity contribution in [3.63, 3.8) is 0 Å². The van der Waals surface area contributed by atoms with Gasteiger partial charge in [-0.3, -0.25) is 0 Å². The average Bonchev–Trinajstić information content (AvgIpc) is 2.19. The van der Waals surface area contributed by atoms with Crippen LogP contribution in [0, 0.1) is 0 Å². The molecule has 13 heavy (non-hydrogen) atoms. The summed E-state index contributed by atoms with van der Waals surface area (Å²) in [5, 5.41) is 9.49. The van der Waals surface area contributed by atoms with Crippen molar-refractivity contribution in [1.29, 1.82) is 0 Å². The Morgan fingerprint density at radius 3 is 2.38 bits per heavy atom. The Hall–Kier alpha value is -0.820. The topological polar surface area (TPSA) is 20.2 Å². The first-order valence-electron chi connectivity index (χ1n) is 4.97. The lowest BCUT2D eigenvalue weighted by molar-refractivity contribution is 0.153. The molecule has 0 aliphatic carbocycles. The van der Waals surface area contributed by atoms with Crippen LogP contribution in [0.5, 0.6) is 0 Å². The van der Waals surface area contributed by atoms with Gasteiger partial charge in [0.25, 0.3) is 0 Å². The monoisotopic (exact) mass is 178 g/mol. The smallest absolute Gasteiger partial charge is 0.0543 e. The third-order valence-corrected chi connectivity index (χ3v) is 2.47. The van der Waals surface area contributed by atoms with E-state index in [1.165, 1.54) is 5.56 Å². The predicted octanol–water partition coefficient (Wildman–Crippen LogP) is 2.95. The van der Waals surface area contributed by atoms with Crippen molar-refractivity contribution in [3.05, 3.63) is 35.9 Å². The third-order valence-electron chi connectivity index (χ3n) is 2.47. The fourth-order valence-corrected chi connectivity index (χ4v) is 1.49. The number of rotatable bonds is 4. The van der Waals surface area contributed by atoms with Crippen LogP contribution in [0.2, 0.25) is 0 Å². The standard InChI is InChI=1S/C12H18O/c1-3-12(13)9-10(2)11-7-5-4-6-8-11/h4-8,10,12-13H,3,9H2,1-2H3/t10?,12-/m0/s1. The van der Waals surface area contributed by atoms with Gasteiger partial charge in [0.05, 0.1) is 6.10 Å². The first-order chi connectivity index (χ1) is 6.24. The minimum absolute atomic E-state index is 0.157. The Bertz CT molecular complexity index is 230. The molecule has 1 nitrogen and oxygen atoms in total. The third kappa shape index (κ3) is 3.19. The molecule has 1 aromatic rings. The molecule has 0 aromatic heterocycles. The van der Waals surface area contributed by atoms with Crippen LogP contribution in [0.1, 0.15) is 38.2 Å². The Kier molecular flexibility index (Phi) is 3.97. The molecule has 1 N–H and O–H groups in total. The molecule has 0 bridgehead atoms. The second-order valence-electron chi connectivity index (χ2n) is 3.61. The van der Waals surface area contributed by atoms with Crippen LogP contribution in [0.25, 0.3) is 0 Å². The largest absolute Gasteiger partial charge is 0.393 e. The average molecular weight is 178 g/mol. The number of aliphatic hydroxyl groups is 1. The predicted molar refractivity (Wildman–Crippen MR) is 55.8 cm³/mol. The highest BCUT2D eigenvalue weighted by molar-refractivity contribution is 5.18. The van der Waals surface area contributed by atoms with Crippen LogP contribution < -0.4 is 0 Å². The van der Waals surface area contributed by atoms with Crippen molar-refractivity contribution in [2.75, 3.05) is 0 Å². The van der Waals surface area contributed by atoms with Gasteiger partial charge in [0.1, 0.15) is 0 Å². The first kappa shape index (κ1) is 10.3. The van der Waals surface area contributed by atoms with E-state index in [9.17, 15) is 5.11 Å². The van der Waals surface area contributed by atoms with Crippen molar-refractivity contribution < 1.29 is 5.11 Å². The Balaban J connectivity index is 2.53. The van der Waals surface area contributed by atoms with E-state index >= 15 is 0 Å². The zero-order valence-electron chi connectivity index (χ0n) is 8.40. The van der Waals surface area contributed by atoms with Gasteiger partial charge in [-0.1, -0.05) is 44.2 Å². The number of hydrogen-bond donors (Lipinski definition) is 1. The quantitative estimate of drug-likeness (QED) is 0.751. The molecule has 0 aliphatic heterocycles. The van der Waals surface area contributed by atoms with Crippen molar-refractivity contribution in [3.8, 4) is 0 Å². The minimum Gasteiger partial charge on any atom is -0.393 e. The molecule has 0 radical (unpaired) electrons. The van der Waals surface area contributed by atoms with Gasteiger partial charge in [-0.05, 0) is 24.3 Å². The molecule has 0 saturated carbocycles. The maximum absolute atomic E-state index is 9.49. The summed E-state index contributed by atoms with van der Waals surface area (Å²) in [5.74, 6) is 0.455. The molecule has 1 aromatic carbocycles. The van der Waals surface area contributed by atoms with Gasteiger partial charge >= 0.3 is 0 Å². The molecule has 0 amide bonds. The molecule has 1 unspecified atom stereocenters. The summed E-state index contributed by atoms with van der Waals surface area (Å²) >= 11 is 0. The van der Waals surface area contributed by atoms with Crippen molar-refractivity contribution >= 4 is 0 Å².